The van der Waals surface area contributed by atoms with Crippen LogP contribution in [0.25, 0.3) is 17.4 Å². The van der Waals surface area contributed by atoms with Gasteiger partial charge in [-0.15, -0.1) is 11.3 Å². The molecule has 0 saturated carbocycles. The number of fused-ring (bicyclic) bond motifs is 1. The lowest BCUT2D eigenvalue weighted by Gasteiger charge is -2.23. The molecule has 12 heteroatoms. The predicted octanol–water partition coefficient (Wildman–Crippen LogP) is 4.04. The molecular weight excluding hydrogens is 530 g/mol. The van der Waals surface area contributed by atoms with Gasteiger partial charge in [-0.25, -0.2) is 9.79 Å². The van der Waals surface area contributed by atoms with Crippen molar-refractivity contribution in [1.29, 1.82) is 0 Å². The summed E-state index contributed by atoms with van der Waals surface area (Å²) in [6, 6.07) is 10.8. The number of benzene rings is 1. The summed E-state index contributed by atoms with van der Waals surface area (Å²) >= 11 is 2.60. The Morgan fingerprint density at radius 1 is 1.29 bits per heavy atom. The van der Waals surface area contributed by atoms with Crippen LogP contribution < -0.4 is 19.6 Å². The zero-order chi connectivity index (χ0) is 27.0. The molecule has 1 atom stereocenters. The molecule has 0 spiro atoms. The van der Waals surface area contributed by atoms with Crippen molar-refractivity contribution in [1.82, 2.24) is 4.57 Å². The van der Waals surface area contributed by atoms with Crippen molar-refractivity contribution in [2.45, 2.75) is 19.9 Å². The van der Waals surface area contributed by atoms with Gasteiger partial charge in [-0.3, -0.25) is 19.5 Å². The van der Waals surface area contributed by atoms with Gasteiger partial charge in [0, 0.05) is 11.0 Å². The van der Waals surface area contributed by atoms with E-state index in [4.69, 9.17) is 13.9 Å². The highest BCUT2D eigenvalue weighted by Gasteiger charge is 2.34. The summed E-state index contributed by atoms with van der Waals surface area (Å²) in [5.41, 5.74) is 0.587. The van der Waals surface area contributed by atoms with E-state index in [-0.39, 0.29) is 29.2 Å². The Kier molecular flexibility index (Phi) is 6.83. The molecule has 0 radical (unpaired) electrons. The number of hydrogen-bond acceptors (Lipinski definition) is 10. The van der Waals surface area contributed by atoms with Crippen LogP contribution in [0, 0.1) is 10.1 Å². The maximum absolute atomic E-state index is 13.6. The van der Waals surface area contributed by atoms with Crippen molar-refractivity contribution in [3.63, 3.8) is 0 Å². The molecule has 0 fully saturated rings. The second kappa shape index (κ2) is 10.2. The van der Waals surface area contributed by atoms with Crippen LogP contribution >= 0.6 is 22.7 Å². The maximum Gasteiger partial charge on any atom is 0.338 e. The zero-order valence-electron chi connectivity index (χ0n) is 20.5. The molecule has 194 valence electrons. The van der Waals surface area contributed by atoms with Gasteiger partial charge < -0.3 is 13.9 Å². The van der Waals surface area contributed by atoms with E-state index in [2.05, 4.69) is 4.99 Å². The highest BCUT2D eigenvalue weighted by molar-refractivity contribution is 7.10. The first-order chi connectivity index (χ1) is 18.3. The molecule has 0 aliphatic carbocycles. The molecule has 0 N–H and O–H groups in total. The molecule has 1 aliphatic heterocycles. The Balaban J connectivity index is 1.60. The molecule has 0 unspecified atom stereocenters. The van der Waals surface area contributed by atoms with Crippen molar-refractivity contribution < 1.29 is 23.6 Å². The summed E-state index contributed by atoms with van der Waals surface area (Å²) in [5.74, 6) is 0.448. The van der Waals surface area contributed by atoms with E-state index in [9.17, 15) is 19.7 Å². The zero-order valence-corrected chi connectivity index (χ0v) is 22.1. The number of nitrogens with zero attached hydrogens (tertiary/aromatic N) is 3. The number of furan rings is 1. The van der Waals surface area contributed by atoms with Crippen LogP contribution in [0.3, 0.4) is 0 Å². The van der Waals surface area contributed by atoms with E-state index in [1.54, 1.807) is 44.2 Å². The molecule has 1 aromatic carbocycles. The van der Waals surface area contributed by atoms with E-state index in [1.165, 1.54) is 40.4 Å². The third-order valence-corrected chi connectivity index (χ3v) is 7.80. The molecule has 0 amide bonds. The summed E-state index contributed by atoms with van der Waals surface area (Å²) in [4.78, 5) is 43.4. The van der Waals surface area contributed by atoms with Crippen molar-refractivity contribution in [3.05, 3.63) is 99.6 Å². The Morgan fingerprint density at radius 3 is 2.79 bits per heavy atom. The van der Waals surface area contributed by atoms with E-state index in [0.29, 0.717) is 32.1 Å². The average Bonchev–Trinajstić information content (AvgIpc) is 3.65. The van der Waals surface area contributed by atoms with Gasteiger partial charge in [0.25, 0.3) is 11.2 Å². The maximum atomic E-state index is 13.6. The molecule has 10 nitrogen and oxygen atoms in total. The number of esters is 1. The van der Waals surface area contributed by atoms with Crippen molar-refractivity contribution in [3.8, 4) is 17.1 Å². The summed E-state index contributed by atoms with van der Waals surface area (Å²) in [6.45, 7) is 3.65. The van der Waals surface area contributed by atoms with Crippen LogP contribution in [-0.2, 0) is 9.53 Å². The highest BCUT2D eigenvalue weighted by Crippen LogP contribution is 2.35. The smallest absolute Gasteiger partial charge is 0.338 e. The Morgan fingerprint density at radius 2 is 2.11 bits per heavy atom. The number of ether oxygens (including phenoxy) is 2. The topological polar surface area (TPSA) is 126 Å². The van der Waals surface area contributed by atoms with Crippen LogP contribution in [0.4, 0.5) is 5.69 Å². The van der Waals surface area contributed by atoms with Gasteiger partial charge in [-0.1, -0.05) is 17.4 Å². The fourth-order valence-electron chi connectivity index (χ4n) is 4.21. The molecule has 4 aromatic rings. The SMILES string of the molecule is CCOC(=O)C1=C(C)N=c2s/c(=C/c3ccc(-c4ccc(OC)cc4[N+](=O)[O-])o3)c(=O)n2[C@@H]1c1cccs1. The average molecular weight is 552 g/mol. The predicted molar refractivity (Wildman–Crippen MR) is 142 cm³/mol. The number of carbonyl (C=O) groups is 1. The number of nitro benzene ring substituents is 1. The number of allylic oxidation sites excluding steroid dienone is 1. The lowest BCUT2D eigenvalue weighted by atomic mass is 10.0. The standard InChI is InChI=1S/C26H21N3O7S2/c1-4-35-25(31)22-14(2)27-26-28(23(22)20-6-5-11-37-20)24(30)21(38-26)13-16-8-10-19(36-16)17-9-7-15(34-3)12-18(17)29(32)33/h5-13,23H,4H2,1-3H3/b21-13+/t23-/m1/s1. The minimum absolute atomic E-state index is 0.164. The number of rotatable bonds is 7. The van der Waals surface area contributed by atoms with Gasteiger partial charge >= 0.3 is 5.97 Å². The van der Waals surface area contributed by atoms with Gasteiger partial charge in [0.05, 0.1) is 46.1 Å². The van der Waals surface area contributed by atoms with Gasteiger partial charge in [0.15, 0.2) is 4.80 Å². The second-order valence-corrected chi connectivity index (χ2v) is 10.1. The summed E-state index contributed by atoms with van der Waals surface area (Å²) in [5, 5.41) is 13.5. The Labute approximate surface area is 223 Å². The minimum Gasteiger partial charge on any atom is -0.497 e. The molecule has 5 rings (SSSR count). The normalized spacial score (nSPS) is 15.2. The number of nitro groups is 1. The van der Waals surface area contributed by atoms with E-state index >= 15 is 0 Å². The lowest BCUT2D eigenvalue weighted by Crippen LogP contribution is -2.39. The largest absolute Gasteiger partial charge is 0.497 e. The van der Waals surface area contributed by atoms with Gasteiger partial charge in [0.2, 0.25) is 0 Å². The van der Waals surface area contributed by atoms with Crippen LogP contribution in [0.15, 0.2) is 73.3 Å². The lowest BCUT2D eigenvalue weighted by molar-refractivity contribution is -0.384. The van der Waals surface area contributed by atoms with Crippen LogP contribution in [0.5, 0.6) is 5.75 Å². The molecular formula is C26H21N3O7S2. The third-order valence-electron chi connectivity index (χ3n) is 5.90. The molecule has 3 aromatic heterocycles. The van der Waals surface area contributed by atoms with Crippen molar-refractivity contribution in [2.24, 2.45) is 4.99 Å². The first kappa shape index (κ1) is 25.4. The monoisotopic (exact) mass is 551 g/mol. The number of thiazole rings is 1. The van der Waals surface area contributed by atoms with Gasteiger partial charge in [-0.05, 0) is 49.6 Å². The van der Waals surface area contributed by atoms with E-state index in [1.807, 2.05) is 17.5 Å². The molecule has 1 aliphatic rings. The molecule has 4 heterocycles. The Hall–Kier alpha value is -4.29. The van der Waals surface area contributed by atoms with Crippen molar-refractivity contribution in [2.75, 3.05) is 13.7 Å². The van der Waals surface area contributed by atoms with Crippen LogP contribution in [0.1, 0.15) is 30.5 Å². The molecule has 0 bridgehead atoms. The summed E-state index contributed by atoms with van der Waals surface area (Å²) in [7, 11) is 1.43. The number of methoxy groups -OCH3 is 1. The highest BCUT2D eigenvalue weighted by atomic mass is 32.1. The quantitative estimate of drug-likeness (QED) is 0.193. The summed E-state index contributed by atoms with van der Waals surface area (Å²) < 4.78 is 18.1. The number of aromatic nitrogens is 1. The molecule has 38 heavy (non-hydrogen) atoms. The second-order valence-electron chi connectivity index (χ2n) is 8.16. The van der Waals surface area contributed by atoms with E-state index < -0.39 is 16.9 Å². The number of carbonyl (C=O) groups excluding carboxylic acids is 1. The first-order valence-electron chi connectivity index (χ1n) is 11.5. The van der Waals surface area contributed by atoms with E-state index in [0.717, 1.165) is 4.88 Å². The fraction of sp³-hybridized carbons (Fsp3) is 0.192. The number of hydrogen-bond donors (Lipinski definition) is 0. The first-order valence-corrected chi connectivity index (χ1v) is 13.2. The van der Waals surface area contributed by atoms with Gasteiger partial charge in [-0.2, -0.15) is 0 Å². The Bertz CT molecular complexity index is 1760. The van der Waals surface area contributed by atoms with Crippen LogP contribution in [0.2, 0.25) is 0 Å². The van der Waals surface area contributed by atoms with Gasteiger partial charge in [0.1, 0.15) is 23.3 Å². The third kappa shape index (κ3) is 4.48. The van der Waals surface area contributed by atoms with Crippen molar-refractivity contribution >= 4 is 40.4 Å². The minimum atomic E-state index is -0.665. The summed E-state index contributed by atoms with van der Waals surface area (Å²) in [6.07, 6.45) is 1.57. The molecule has 0 saturated heterocycles. The van der Waals surface area contributed by atoms with Crippen LogP contribution in [-0.4, -0.2) is 29.2 Å². The fourth-order valence-corrected chi connectivity index (χ4v) is 6.06. The number of thiophene rings is 1.